The molecule has 0 bridgehead atoms. The first-order chi connectivity index (χ1) is 12.5. The predicted octanol–water partition coefficient (Wildman–Crippen LogP) is 4.24. The molecule has 0 aromatic rings. The zero-order valence-electron chi connectivity index (χ0n) is 17.4. The smallest absolute Gasteiger partial charge is 0.303 e. The lowest BCUT2D eigenvalue weighted by atomic mass is 9.85. The van der Waals surface area contributed by atoms with Crippen LogP contribution in [0.5, 0.6) is 0 Å². The molecule has 27 heavy (non-hydrogen) atoms. The summed E-state index contributed by atoms with van der Waals surface area (Å²) in [6, 6.07) is 0. The number of fused-ring (bicyclic) bond motifs is 1. The van der Waals surface area contributed by atoms with Gasteiger partial charge in [0.1, 0.15) is 17.3 Å². The van der Waals surface area contributed by atoms with Gasteiger partial charge in [-0.05, 0) is 77.9 Å². The summed E-state index contributed by atoms with van der Waals surface area (Å²) in [5, 5.41) is 0. The summed E-state index contributed by atoms with van der Waals surface area (Å²) >= 11 is 0. The summed E-state index contributed by atoms with van der Waals surface area (Å²) in [5.74, 6) is -0.264. The Kier molecular flexibility index (Phi) is 6.46. The van der Waals surface area contributed by atoms with Gasteiger partial charge in [0.05, 0.1) is 0 Å². The third-order valence-corrected chi connectivity index (χ3v) is 5.73. The molecule has 3 atom stereocenters. The van der Waals surface area contributed by atoms with Crippen LogP contribution in [0.15, 0.2) is 22.8 Å². The normalized spacial score (nSPS) is 32.9. The van der Waals surface area contributed by atoms with Crippen LogP contribution >= 0.6 is 0 Å². The number of rotatable bonds is 1. The van der Waals surface area contributed by atoms with Gasteiger partial charge in [0.25, 0.3) is 0 Å². The molecule has 3 unspecified atom stereocenters. The van der Waals surface area contributed by atoms with Crippen LogP contribution < -0.4 is 0 Å². The van der Waals surface area contributed by atoms with E-state index in [1.54, 1.807) is 0 Å². The molecular formula is C22H32O5. The lowest BCUT2D eigenvalue weighted by Gasteiger charge is -2.30. The maximum absolute atomic E-state index is 13.0. The first kappa shape index (κ1) is 21.5. The van der Waals surface area contributed by atoms with Crippen LogP contribution in [0, 0.1) is 0 Å². The lowest BCUT2D eigenvalue weighted by molar-refractivity contribution is -0.157. The van der Waals surface area contributed by atoms with E-state index < -0.39 is 17.3 Å². The number of hydrogen-bond acceptors (Lipinski definition) is 5. The van der Waals surface area contributed by atoms with Crippen molar-refractivity contribution in [2.45, 2.75) is 97.4 Å². The van der Waals surface area contributed by atoms with Crippen LogP contribution in [0.4, 0.5) is 0 Å². The van der Waals surface area contributed by atoms with Crippen LogP contribution in [0.3, 0.4) is 0 Å². The second-order valence-electron chi connectivity index (χ2n) is 8.55. The Morgan fingerprint density at radius 2 is 1.74 bits per heavy atom. The Morgan fingerprint density at radius 1 is 1.11 bits per heavy atom. The van der Waals surface area contributed by atoms with E-state index in [4.69, 9.17) is 9.47 Å². The maximum Gasteiger partial charge on any atom is 0.303 e. The standard InChI is InChI=1S/C22H32O5/c1-14(2)17-9-12-21(5,26-16(4)23)13-10-18(24)15(3)8-7-11-22(6)20(27-22)19(17)25/h8,20H,7,9-13H2,1-6H3. The third kappa shape index (κ3) is 5.38. The van der Waals surface area contributed by atoms with Crippen molar-refractivity contribution in [3.8, 4) is 0 Å². The molecule has 0 radical (unpaired) electrons. The molecule has 5 heteroatoms. The predicted molar refractivity (Wildman–Crippen MR) is 103 cm³/mol. The molecule has 1 fully saturated rings. The fourth-order valence-electron chi connectivity index (χ4n) is 3.76. The summed E-state index contributed by atoms with van der Waals surface area (Å²) in [5.41, 5.74) is 1.19. The van der Waals surface area contributed by atoms with Gasteiger partial charge in [-0.15, -0.1) is 0 Å². The first-order valence-corrected chi connectivity index (χ1v) is 9.75. The Bertz CT molecular complexity index is 697. The minimum absolute atomic E-state index is 0.0384. The van der Waals surface area contributed by atoms with E-state index in [0.717, 1.165) is 17.6 Å². The lowest BCUT2D eigenvalue weighted by Crippen LogP contribution is -2.33. The van der Waals surface area contributed by atoms with E-state index in [9.17, 15) is 14.4 Å². The fraction of sp³-hybridized carbons (Fsp3) is 0.682. The van der Waals surface area contributed by atoms with Crippen molar-refractivity contribution in [1.82, 2.24) is 0 Å². The number of allylic oxidation sites excluding steroid dienone is 3. The van der Waals surface area contributed by atoms with Crippen LogP contribution in [0.2, 0.25) is 0 Å². The zero-order chi connectivity index (χ0) is 20.4. The number of hydrogen-bond donors (Lipinski definition) is 0. The summed E-state index contributed by atoms with van der Waals surface area (Å²) in [6.45, 7) is 10.8. The Morgan fingerprint density at radius 3 is 2.33 bits per heavy atom. The van der Waals surface area contributed by atoms with E-state index >= 15 is 0 Å². The summed E-state index contributed by atoms with van der Waals surface area (Å²) < 4.78 is 11.3. The second-order valence-corrected chi connectivity index (χ2v) is 8.55. The molecule has 150 valence electrons. The van der Waals surface area contributed by atoms with Gasteiger partial charge in [-0.25, -0.2) is 0 Å². The van der Waals surface area contributed by atoms with Gasteiger partial charge in [-0.2, -0.15) is 0 Å². The van der Waals surface area contributed by atoms with Crippen molar-refractivity contribution in [1.29, 1.82) is 0 Å². The highest BCUT2D eigenvalue weighted by atomic mass is 16.6. The van der Waals surface area contributed by atoms with Crippen LogP contribution in [-0.4, -0.2) is 34.8 Å². The zero-order valence-corrected chi connectivity index (χ0v) is 17.4. The fourth-order valence-corrected chi connectivity index (χ4v) is 3.76. The minimum atomic E-state index is -0.777. The molecule has 5 nitrogen and oxygen atoms in total. The topological polar surface area (TPSA) is 73.0 Å². The molecule has 0 N–H and O–H groups in total. The maximum atomic E-state index is 13.0. The molecule has 0 aromatic heterocycles. The van der Waals surface area contributed by atoms with Gasteiger partial charge in [-0.1, -0.05) is 11.6 Å². The van der Waals surface area contributed by atoms with E-state index in [1.165, 1.54) is 6.92 Å². The number of epoxide rings is 1. The molecule has 1 aliphatic carbocycles. The van der Waals surface area contributed by atoms with E-state index in [1.807, 2.05) is 40.7 Å². The van der Waals surface area contributed by atoms with Gasteiger partial charge >= 0.3 is 5.97 Å². The highest BCUT2D eigenvalue weighted by molar-refractivity contribution is 6.02. The molecule has 0 amide bonds. The SMILES string of the molecule is CC(=O)OC1(C)CCC(=O)C(C)=CCCC2(C)OC2C(=O)C(=C(C)C)CC1. The molecular weight excluding hydrogens is 344 g/mol. The number of carbonyl (C=O) groups is 3. The highest BCUT2D eigenvalue weighted by Gasteiger charge is 2.56. The molecule has 2 rings (SSSR count). The van der Waals surface area contributed by atoms with Crippen LogP contribution in [0.25, 0.3) is 0 Å². The van der Waals surface area contributed by atoms with Gasteiger partial charge < -0.3 is 9.47 Å². The monoisotopic (exact) mass is 376 g/mol. The number of esters is 1. The number of ketones is 2. The largest absolute Gasteiger partial charge is 0.460 e. The highest BCUT2D eigenvalue weighted by Crippen LogP contribution is 2.43. The van der Waals surface area contributed by atoms with Crippen molar-refractivity contribution >= 4 is 17.5 Å². The van der Waals surface area contributed by atoms with Gasteiger partial charge in [0.15, 0.2) is 11.6 Å². The Labute approximate surface area is 162 Å². The third-order valence-electron chi connectivity index (χ3n) is 5.73. The van der Waals surface area contributed by atoms with E-state index in [2.05, 4.69) is 0 Å². The minimum Gasteiger partial charge on any atom is -0.460 e. The Hall–Kier alpha value is -1.75. The van der Waals surface area contributed by atoms with E-state index in [0.29, 0.717) is 37.7 Å². The number of carbonyl (C=O) groups excluding carboxylic acids is 3. The number of Topliss-reactive ketones (excluding diaryl/α,β-unsaturated/α-hetero) is 2. The van der Waals surface area contributed by atoms with Crippen molar-refractivity contribution in [2.24, 2.45) is 0 Å². The van der Waals surface area contributed by atoms with Crippen molar-refractivity contribution in [2.75, 3.05) is 0 Å². The average Bonchev–Trinajstić information content (AvgIpc) is 3.22. The number of ether oxygens (including phenoxy) is 2. The van der Waals surface area contributed by atoms with Crippen LogP contribution in [-0.2, 0) is 23.9 Å². The van der Waals surface area contributed by atoms with Crippen LogP contribution in [0.1, 0.15) is 80.1 Å². The second kappa shape index (κ2) is 8.09. The molecule has 1 saturated heterocycles. The molecule has 0 aromatic carbocycles. The molecule has 1 heterocycles. The quantitative estimate of drug-likeness (QED) is 0.389. The average molecular weight is 376 g/mol. The first-order valence-electron chi connectivity index (χ1n) is 9.75. The van der Waals surface area contributed by atoms with Gasteiger partial charge in [0.2, 0.25) is 0 Å². The summed E-state index contributed by atoms with van der Waals surface area (Å²) in [4.78, 5) is 37.0. The molecule has 0 saturated carbocycles. The van der Waals surface area contributed by atoms with Crippen molar-refractivity contribution in [3.63, 3.8) is 0 Å². The van der Waals surface area contributed by atoms with E-state index in [-0.39, 0.29) is 17.5 Å². The Balaban J connectivity index is 2.32. The molecule has 2 aliphatic rings. The van der Waals surface area contributed by atoms with Crippen molar-refractivity contribution in [3.05, 3.63) is 22.8 Å². The van der Waals surface area contributed by atoms with Gasteiger partial charge in [-0.3, -0.25) is 14.4 Å². The van der Waals surface area contributed by atoms with Gasteiger partial charge in [0, 0.05) is 13.3 Å². The summed E-state index contributed by atoms with van der Waals surface area (Å²) in [6.07, 6.45) is 4.68. The molecule has 1 aliphatic heterocycles. The summed E-state index contributed by atoms with van der Waals surface area (Å²) in [7, 11) is 0. The van der Waals surface area contributed by atoms with Crippen molar-refractivity contribution < 1.29 is 23.9 Å². The molecule has 0 spiro atoms.